The van der Waals surface area contributed by atoms with Gasteiger partial charge in [-0.3, -0.25) is 10.1 Å². The van der Waals surface area contributed by atoms with E-state index in [9.17, 15) is 14.7 Å². The van der Waals surface area contributed by atoms with Gasteiger partial charge >= 0.3 is 6.03 Å². The number of anilines is 1. The van der Waals surface area contributed by atoms with E-state index in [-0.39, 0.29) is 19.1 Å². The minimum atomic E-state index is -0.956. The van der Waals surface area contributed by atoms with Crippen LogP contribution in [0.2, 0.25) is 0 Å². The second kappa shape index (κ2) is 6.18. The number of hydrogen-bond donors (Lipinski definition) is 4. The summed E-state index contributed by atoms with van der Waals surface area (Å²) < 4.78 is 1.64. The number of carbonyl (C=O) groups is 2. The van der Waals surface area contributed by atoms with Gasteiger partial charge in [-0.1, -0.05) is 0 Å². The monoisotopic (exact) mass is 361 g/mol. The van der Waals surface area contributed by atoms with Crippen LogP contribution in [0.15, 0.2) is 12.7 Å². The lowest BCUT2D eigenvalue weighted by Gasteiger charge is -2.38. The zero-order chi connectivity index (χ0) is 18.3. The molecule has 2 aliphatic rings. The average molecular weight is 361 g/mol. The third kappa shape index (κ3) is 2.65. The lowest BCUT2D eigenvalue weighted by atomic mass is 9.89. The summed E-state index contributed by atoms with van der Waals surface area (Å²) in [7, 11) is 0. The maximum absolute atomic E-state index is 12.2. The van der Waals surface area contributed by atoms with E-state index in [0.29, 0.717) is 42.9 Å². The van der Waals surface area contributed by atoms with Crippen LogP contribution in [0.1, 0.15) is 12.8 Å². The molecule has 0 aliphatic carbocycles. The first-order chi connectivity index (χ1) is 12.5. The summed E-state index contributed by atoms with van der Waals surface area (Å²) in [5.74, 6) is 0.245. The number of nitrogens with one attached hydrogen (secondary N) is 2. The van der Waals surface area contributed by atoms with Gasteiger partial charge in [0.15, 0.2) is 17.0 Å². The van der Waals surface area contributed by atoms with Crippen LogP contribution in [0.25, 0.3) is 11.2 Å². The molecule has 138 valence electrons. The number of aromatic nitrogens is 4. The van der Waals surface area contributed by atoms with Gasteiger partial charge in [-0.2, -0.15) is 0 Å². The van der Waals surface area contributed by atoms with Gasteiger partial charge in [0.25, 0.3) is 5.91 Å². The zero-order valence-electron chi connectivity index (χ0n) is 13.9. The van der Waals surface area contributed by atoms with Crippen molar-refractivity contribution in [2.75, 3.05) is 24.6 Å². The zero-order valence-corrected chi connectivity index (χ0v) is 13.9. The van der Waals surface area contributed by atoms with E-state index in [0.717, 1.165) is 0 Å². The number of carbonyl (C=O) groups excluding carboxylic acids is 2. The summed E-state index contributed by atoms with van der Waals surface area (Å²) in [6.45, 7) is 0.763. The van der Waals surface area contributed by atoms with Gasteiger partial charge in [-0.15, -0.1) is 0 Å². The molecule has 1 spiro atoms. The van der Waals surface area contributed by atoms with Gasteiger partial charge in [0, 0.05) is 6.54 Å². The van der Waals surface area contributed by atoms with Crippen LogP contribution >= 0.6 is 0 Å². The highest BCUT2D eigenvalue weighted by atomic mass is 16.3. The van der Waals surface area contributed by atoms with E-state index in [4.69, 9.17) is 5.11 Å². The second-order valence-electron chi connectivity index (χ2n) is 6.62. The van der Waals surface area contributed by atoms with Crippen molar-refractivity contribution < 1.29 is 19.8 Å². The second-order valence-corrected chi connectivity index (χ2v) is 6.62. The molecule has 26 heavy (non-hydrogen) atoms. The summed E-state index contributed by atoms with van der Waals surface area (Å²) >= 11 is 0. The van der Waals surface area contributed by atoms with E-state index >= 15 is 0 Å². The Kier molecular flexibility index (Phi) is 3.96. The molecule has 0 aromatic carbocycles. The number of piperidine rings is 1. The lowest BCUT2D eigenvalue weighted by molar-refractivity contribution is -0.124. The van der Waals surface area contributed by atoms with Crippen LogP contribution < -0.4 is 15.5 Å². The van der Waals surface area contributed by atoms with Gasteiger partial charge in [0.05, 0.1) is 32.1 Å². The van der Waals surface area contributed by atoms with E-state index in [2.05, 4.69) is 25.6 Å². The number of rotatable bonds is 4. The Morgan fingerprint density at radius 1 is 1.31 bits per heavy atom. The molecule has 2 aliphatic heterocycles. The molecule has 2 atom stereocenters. The largest absolute Gasteiger partial charge is 0.394 e. The fourth-order valence-corrected chi connectivity index (χ4v) is 3.57. The maximum atomic E-state index is 12.2. The molecule has 0 radical (unpaired) electrons. The molecule has 2 fully saturated rings. The van der Waals surface area contributed by atoms with E-state index < -0.39 is 17.7 Å². The third-order valence-corrected chi connectivity index (χ3v) is 4.81. The average Bonchev–Trinajstić information content (AvgIpc) is 3.15. The minimum absolute atomic E-state index is 0.159. The highest BCUT2D eigenvalue weighted by Gasteiger charge is 2.49. The van der Waals surface area contributed by atoms with Crippen molar-refractivity contribution in [1.82, 2.24) is 30.2 Å². The first-order valence-electron chi connectivity index (χ1n) is 8.36. The van der Waals surface area contributed by atoms with E-state index in [1.54, 1.807) is 4.57 Å². The Morgan fingerprint density at radius 2 is 2.15 bits per heavy atom. The van der Waals surface area contributed by atoms with Crippen molar-refractivity contribution in [3.8, 4) is 0 Å². The first-order valence-corrected chi connectivity index (χ1v) is 8.36. The normalized spacial score (nSPS) is 24.2. The van der Waals surface area contributed by atoms with Gasteiger partial charge in [-0.05, 0) is 12.8 Å². The summed E-state index contributed by atoms with van der Waals surface area (Å²) in [6, 6.07) is -0.480. The highest BCUT2D eigenvalue weighted by Crippen LogP contribution is 2.30. The van der Waals surface area contributed by atoms with Crippen molar-refractivity contribution in [3.05, 3.63) is 12.7 Å². The van der Waals surface area contributed by atoms with Crippen molar-refractivity contribution in [3.63, 3.8) is 0 Å². The fraction of sp³-hybridized carbons (Fsp3) is 0.533. The summed E-state index contributed by atoms with van der Waals surface area (Å²) in [5.41, 5.74) is 0.115. The Morgan fingerprint density at radius 3 is 2.88 bits per heavy atom. The van der Waals surface area contributed by atoms with Crippen LogP contribution in [0.4, 0.5) is 10.6 Å². The minimum Gasteiger partial charge on any atom is -0.394 e. The Hall–Kier alpha value is -2.79. The van der Waals surface area contributed by atoms with Crippen LogP contribution in [0.5, 0.6) is 0 Å². The maximum Gasteiger partial charge on any atom is 0.322 e. The Balaban J connectivity index is 1.66. The van der Waals surface area contributed by atoms with Crippen LogP contribution in [0, 0.1) is 0 Å². The van der Waals surface area contributed by atoms with Gasteiger partial charge in [0.1, 0.15) is 11.9 Å². The number of aliphatic hydroxyl groups is 2. The van der Waals surface area contributed by atoms with Crippen molar-refractivity contribution in [2.45, 2.75) is 31.0 Å². The molecule has 2 aromatic rings. The Labute approximate surface area is 148 Å². The number of hydrogen-bond acceptors (Lipinski definition) is 8. The molecule has 11 nitrogen and oxygen atoms in total. The summed E-state index contributed by atoms with van der Waals surface area (Å²) in [4.78, 5) is 38.6. The van der Waals surface area contributed by atoms with Gasteiger partial charge < -0.3 is 25.0 Å². The predicted molar refractivity (Wildman–Crippen MR) is 89.3 cm³/mol. The molecule has 11 heteroatoms. The number of imidazole rings is 1. The smallest absolute Gasteiger partial charge is 0.322 e. The van der Waals surface area contributed by atoms with E-state index in [1.807, 2.05) is 4.90 Å². The van der Waals surface area contributed by atoms with E-state index in [1.165, 1.54) is 12.7 Å². The molecule has 4 rings (SSSR count). The molecule has 4 N–H and O–H groups in total. The fourth-order valence-electron chi connectivity index (χ4n) is 3.57. The van der Waals surface area contributed by atoms with Crippen molar-refractivity contribution in [1.29, 1.82) is 0 Å². The lowest BCUT2D eigenvalue weighted by Crippen LogP contribution is -2.58. The predicted octanol–water partition coefficient (Wildman–Crippen LogP) is -1.64. The molecular weight excluding hydrogens is 342 g/mol. The van der Waals surface area contributed by atoms with Gasteiger partial charge in [0.2, 0.25) is 0 Å². The molecule has 4 heterocycles. The number of nitrogens with zero attached hydrogens (tertiary/aromatic N) is 5. The summed E-state index contributed by atoms with van der Waals surface area (Å²) in [5, 5.41) is 23.7. The standard InChI is InChI=1S/C15H19N7O4/c23-5-9(24)4-22-8-18-10-11(16-7-17-12(10)22)21-3-1-2-15(6-21)13(25)19-14(26)20-15/h7-9,23-24H,1-6H2,(H2,19,20,25,26). The van der Waals surface area contributed by atoms with Crippen molar-refractivity contribution in [2.24, 2.45) is 0 Å². The molecule has 3 amide bonds. The quantitative estimate of drug-likeness (QED) is 0.474. The molecule has 2 unspecified atom stereocenters. The van der Waals surface area contributed by atoms with Crippen LogP contribution in [-0.4, -0.2) is 73.0 Å². The SMILES string of the molecule is O=C1NC(=O)C2(CCCN(c3ncnc4c3ncn4CC(O)CO)C2)N1. The van der Waals surface area contributed by atoms with Gasteiger partial charge in [-0.25, -0.2) is 19.7 Å². The number of urea groups is 1. The highest BCUT2D eigenvalue weighted by molar-refractivity contribution is 6.07. The topological polar surface area (TPSA) is 146 Å². The summed E-state index contributed by atoms with van der Waals surface area (Å²) in [6.07, 6.45) is 3.29. The third-order valence-electron chi connectivity index (χ3n) is 4.81. The number of amides is 3. The Bertz CT molecular complexity index is 869. The van der Waals surface area contributed by atoms with Crippen molar-refractivity contribution >= 4 is 28.9 Å². The number of aliphatic hydroxyl groups excluding tert-OH is 2. The molecule has 0 saturated carbocycles. The molecule has 2 saturated heterocycles. The van der Waals surface area contributed by atoms with Crippen LogP contribution in [-0.2, 0) is 11.3 Å². The van der Waals surface area contributed by atoms with Crippen LogP contribution in [0.3, 0.4) is 0 Å². The molecular formula is C15H19N7O4. The number of fused-ring (bicyclic) bond motifs is 1. The molecule has 0 bridgehead atoms. The number of imide groups is 1. The first kappa shape index (κ1) is 16.7. The molecule has 2 aromatic heterocycles.